The summed E-state index contributed by atoms with van der Waals surface area (Å²) in [5.41, 5.74) is 1.74. The number of hydrogen-bond donors (Lipinski definition) is 2. The van der Waals surface area contributed by atoms with Crippen molar-refractivity contribution in [2.75, 3.05) is 17.7 Å². The van der Waals surface area contributed by atoms with E-state index in [0.717, 1.165) is 5.56 Å². The number of amides is 1. The van der Waals surface area contributed by atoms with Crippen molar-refractivity contribution in [3.05, 3.63) is 78.5 Å². The minimum Gasteiger partial charge on any atom is -0.495 e. The smallest absolute Gasteiger partial charge is 0.236 e. The molecule has 142 valence electrons. The van der Waals surface area contributed by atoms with Crippen molar-refractivity contribution in [3.8, 4) is 5.75 Å². The van der Waals surface area contributed by atoms with E-state index in [1.54, 1.807) is 35.0 Å². The number of methoxy groups -OCH3 is 1. The standard InChI is InChI=1S/C20H18FN5O2/c1-12-17(19(27)25-15-5-3-4-6-16(15)28-2)18(13-7-9-14(21)10-8-13)26-20(24-12)22-11-23-26/h3-11,17-18H,1H2,2H3,(H,25,27)(H,22,23,24). The number of benzene rings is 2. The van der Waals surface area contributed by atoms with E-state index in [1.165, 1.54) is 25.6 Å². The van der Waals surface area contributed by atoms with E-state index < -0.39 is 12.0 Å². The fraction of sp³-hybridized carbons (Fsp3) is 0.150. The molecule has 2 N–H and O–H groups in total. The van der Waals surface area contributed by atoms with Crippen molar-refractivity contribution < 1.29 is 13.9 Å². The molecule has 0 saturated heterocycles. The number of nitrogens with zero attached hydrogens (tertiary/aromatic N) is 3. The van der Waals surface area contributed by atoms with Crippen LogP contribution in [-0.2, 0) is 4.79 Å². The van der Waals surface area contributed by atoms with Crippen molar-refractivity contribution in [3.63, 3.8) is 0 Å². The van der Waals surface area contributed by atoms with Gasteiger partial charge in [-0.15, -0.1) is 0 Å². The topological polar surface area (TPSA) is 81.1 Å². The Bertz CT molecular complexity index is 1030. The molecule has 0 saturated carbocycles. The van der Waals surface area contributed by atoms with Crippen LogP contribution in [0.3, 0.4) is 0 Å². The van der Waals surface area contributed by atoms with Crippen molar-refractivity contribution in [2.24, 2.45) is 5.92 Å². The highest BCUT2D eigenvalue weighted by Gasteiger charge is 2.39. The van der Waals surface area contributed by atoms with E-state index in [-0.39, 0.29) is 11.7 Å². The summed E-state index contributed by atoms with van der Waals surface area (Å²) in [7, 11) is 1.54. The van der Waals surface area contributed by atoms with E-state index in [0.29, 0.717) is 23.1 Å². The molecule has 1 amide bonds. The van der Waals surface area contributed by atoms with Crippen molar-refractivity contribution >= 4 is 17.5 Å². The van der Waals surface area contributed by atoms with E-state index in [9.17, 15) is 9.18 Å². The maximum atomic E-state index is 13.4. The first kappa shape index (κ1) is 17.7. The Balaban J connectivity index is 1.73. The van der Waals surface area contributed by atoms with Crippen LogP contribution in [0.1, 0.15) is 11.6 Å². The average Bonchev–Trinajstić information content (AvgIpc) is 3.16. The van der Waals surface area contributed by atoms with Gasteiger partial charge in [0.25, 0.3) is 0 Å². The van der Waals surface area contributed by atoms with Gasteiger partial charge in [-0.05, 0) is 29.8 Å². The fourth-order valence-electron chi connectivity index (χ4n) is 3.35. The van der Waals surface area contributed by atoms with Gasteiger partial charge in [-0.2, -0.15) is 10.1 Å². The number of aromatic nitrogens is 3. The third-order valence-corrected chi connectivity index (χ3v) is 4.66. The zero-order valence-electron chi connectivity index (χ0n) is 15.1. The normalized spacial score (nSPS) is 18.1. The summed E-state index contributed by atoms with van der Waals surface area (Å²) in [6.07, 6.45) is 1.40. The molecule has 4 rings (SSSR count). The van der Waals surface area contributed by atoms with Crippen LogP contribution in [0.2, 0.25) is 0 Å². The molecule has 0 aliphatic carbocycles. The highest BCUT2D eigenvalue weighted by molar-refractivity contribution is 5.96. The summed E-state index contributed by atoms with van der Waals surface area (Å²) in [6.45, 7) is 4.01. The molecule has 0 radical (unpaired) electrons. The van der Waals surface area contributed by atoms with E-state index in [2.05, 4.69) is 27.3 Å². The number of ether oxygens (including phenoxy) is 1. The minimum atomic E-state index is -0.704. The molecular weight excluding hydrogens is 361 g/mol. The van der Waals surface area contributed by atoms with Crippen LogP contribution in [-0.4, -0.2) is 27.8 Å². The number of hydrogen-bond acceptors (Lipinski definition) is 5. The molecule has 7 nitrogen and oxygen atoms in total. The van der Waals surface area contributed by atoms with Crippen LogP contribution in [0, 0.1) is 11.7 Å². The number of fused-ring (bicyclic) bond motifs is 1. The summed E-state index contributed by atoms with van der Waals surface area (Å²) in [4.78, 5) is 17.4. The van der Waals surface area contributed by atoms with Gasteiger partial charge in [0.1, 0.15) is 23.8 Å². The number of para-hydroxylation sites is 2. The first-order valence-corrected chi connectivity index (χ1v) is 8.63. The number of carbonyl (C=O) groups is 1. The molecule has 2 unspecified atom stereocenters. The quantitative estimate of drug-likeness (QED) is 0.728. The van der Waals surface area contributed by atoms with Crippen LogP contribution in [0.25, 0.3) is 0 Å². The second-order valence-corrected chi connectivity index (χ2v) is 6.34. The molecular formula is C20H18FN5O2. The van der Waals surface area contributed by atoms with Crippen LogP contribution in [0.4, 0.5) is 16.0 Å². The van der Waals surface area contributed by atoms with Crippen molar-refractivity contribution in [1.82, 2.24) is 14.8 Å². The van der Waals surface area contributed by atoms with E-state index >= 15 is 0 Å². The van der Waals surface area contributed by atoms with Gasteiger partial charge in [0, 0.05) is 5.70 Å². The van der Waals surface area contributed by atoms with Crippen molar-refractivity contribution in [2.45, 2.75) is 6.04 Å². The first-order chi connectivity index (χ1) is 13.6. The highest BCUT2D eigenvalue weighted by Crippen LogP contribution is 2.38. The Morgan fingerprint density at radius 3 is 2.75 bits per heavy atom. The lowest BCUT2D eigenvalue weighted by molar-refractivity contribution is -0.119. The summed E-state index contributed by atoms with van der Waals surface area (Å²) in [5, 5.41) is 10.2. The van der Waals surface area contributed by atoms with Gasteiger partial charge < -0.3 is 15.4 Å². The van der Waals surface area contributed by atoms with Gasteiger partial charge >= 0.3 is 0 Å². The SMILES string of the molecule is C=C1Nc2ncnn2C(c2ccc(F)cc2)C1C(=O)Nc1ccccc1OC. The number of nitrogens with one attached hydrogen (secondary N) is 2. The number of anilines is 2. The Labute approximate surface area is 160 Å². The second kappa shape index (κ2) is 7.15. The zero-order valence-corrected chi connectivity index (χ0v) is 15.1. The van der Waals surface area contributed by atoms with Crippen LogP contribution < -0.4 is 15.4 Å². The number of rotatable bonds is 4. The third-order valence-electron chi connectivity index (χ3n) is 4.66. The Hall–Kier alpha value is -3.68. The third kappa shape index (κ3) is 3.09. The largest absolute Gasteiger partial charge is 0.495 e. The summed E-state index contributed by atoms with van der Waals surface area (Å²) in [5.74, 6) is -0.335. The number of carbonyl (C=O) groups excluding carboxylic acids is 1. The maximum Gasteiger partial charge on any atom is 0.236 e. The van der Waals surface area contributed by atoms with Gasteiger partial charge in [-0.25, -0.2) is 9.07 Å². The zero-order chi connectivity index (χ0) is 19.7. The lowest BCUT2D eigenvalue weighted by atomic mass is 9.88. The molecule has 3 aromatic rings. The predicted molar refractivity (Wildman–Crippen MR) is 102 cm³/mol. The van der Waals surface area contributed by atoms with Crippen LogP contribution in [0.5, 0.6) is 5.75 Å². The fourth-order valence-corrected chi connectivity index (χ4v) is 3.35. The Kier molecular flexibility index (Phi) is 4.52. The van der Waals surface area contributed by atoms with E-state index in [1.807, 2.05) is 6.07 Å². The van der Waals surface area contributed by atoms with E-state index in [4.69, 9.17) is 4.74 Å². The molecule has 1 aliphatic rings. The average molecular weight is 379 g/mol. The summed E-state index contributed by atoms with van der Waals surface area (Å²) in [6, 6.07) is 12.6. The van der Waals surface area contributed by atoms with Gasteiger partial charge in [-0.1, -0.05) is 30.8 Å². The molecule has 2 heterocycles. The lowest BCUT2D eigenvalue weighted by Gasteiger charge is -2.33. The number of halogens is 1. The molecule has 0 spiro atoms. The molecule has 2 atom stereocenters. The summed E-state index contributed by atoms with van der Waals surface area (Å²) < 4.78 is 20.3. The van der Waals surface area contributed by atoms with Crippen molar-refractivity contribution in [1.29, 1.82) is 0 Å². The summed E-state index contributed by atoms with van der Waals surface area (Å²) >= 11 is 0. The molecule has 28 heavy (non-hydrogen) atoms. The monoisotopic (exact) mass is 379 g/mol. The Morgan fingerprint density at radius 1 is 1.25 bits per heavy atom. The lowest BCUT2D eigenvalue weighted by Crippen LogP contribution is -2.39. The van der Waals surface area contributed by atoms with Gasteiger partial charge in [-0.3, -0.25) is 4.79 Å². The molecule has 0 bridgehead atoms. The molecule has 1 aromatic heterocycles. The predicted octanol–water partition coefficient (Wildman–Crippen LogP) is 3.21. The Morgan fingerprint density at radius 2 is 2.00 bits per heavy atom. The minimum absolute atomic E-state index is 0.294. The highest BCUT2D eigenvalue weighted by atomic mass is 19.1. The molecule has 2 aromatic carbocycles. The van der Waals surface area contributed by atoms with Gasteiger partial charge in [0.05, 0.1) is 18.8 Å². The van der Waals surface area contributed by atoms with Crippen LogP contribution in [0.15, 0.2) is 67.1 Å². The van der Waals surface area contributed by atoms with Crippen LogP contribution >= 0.6 is 0 Å². The molecule has 0 fully saturated rings. The molecule has 1 aliphatic heterocycles. The second-order valence-electron chi connectivity index (χ2n) is 6.34. The maximum absolute atomic E-state index is 13.4. The van der Waals surface area contributed by atoms with Gasteiger partial charge in [0.15, 0.2) is 0 Å². The van der Waals surface area contributed by atoms with Gasteiger partial charge in [0.2, 0.25) is 11.9 Å². The first-order valence-electron chi connectivity index (χ1n) is 8.63. The molecule has 8 heteroatoms.